The maximum atomic E-state index is 13.2. The molecule has 2 N–H and O–H groups in total. The van der Waals surface area contributed by atoms with Crippen LogP contribution in [0.15, 0.2) is 84.0 Å². The molecule has 1 aromatic heterocycles. The third kappa shape index (κ3) is 6.35. The highest BCUT2D eigenvalue weighted by Crippen LogP contribution is 2.30. The second kappa shape index (κ2) is 12.1. The van der Waals surface area contributed by atoms with Gasteiger partial charge >= 0.3 is 12.1 Å². The van der Waals surface area contributed by atoms with Crippen molar-refractivity contribution in [3.8, 4) is 0 Å². The third-order valence-electron chi connectivity index (χ3n) is 6.41. The SMILES string of the molecule is CC(=N[C@@H](C(=O)O)[C@H](C)CC(=O)N1C(=O)OC[C@H]1c1ccccc1)c1ccccc1NC(=O)c1ccccn1. The van der Waals surface area contributed by atoms with Crippen LogP contribution < -0.4 is 5.32 Å². The van der Waals surface area contributed by atoms with Gasteiger partial charge in [-0.05, 0) is 36.6 Å². The molecule has 10 nitrogen and oxygen atoms in total. The Morgan fingerprint density at radius 1 is 1.08 bits per heavy atom. The number of ether oxygens (including phenoxy) is 1. The molecule has 200 valence electrons. The largest absolute Gasteiger partial charge is 0.480 e. The molecule has 1 saturated heterocycles. The van der Waals surface area contributed by atoms with Gasteiger partial charge in [0.2, 0.25) is 5.91 Å². The van der Waals surface area contributed by atoms with Crippen molar-refractivity contribution in [2.45, 2.75) is 32.4 Å². The Hall–Kier alpha value is -4.86. The number of pyridine rings is 1. The number of aromatic nitrogens is 1. The third-order valence-corrected chi connectivity index (χ3v) is 6.41. The minimum Gasteiger partial charge on any atom is -0.480 e. The van der Waals surface area contributed by atoms with Gasteiger partial charge in [0.15, 0.2) is 6.04 Å². The number of hydrogen-bond acceptors (Lipinski definition) is 7. The van der Waals surface area contributed by atoms with Gasteiger partial charge in [-0.15, -0.1) is 0 Å². The van der Waals surface area contributed by atoms with Gasteiger partial charge < -0.3 is 15.2 Å². The molecule has 0 spiro atoms. The number of anilines is 1. The van der Waals surface area contributed by atoms with Crippen LogP contribution in [-0.4, -0.2) is 57.2 Å². The molecule has 39 heavy (non-hydrogen) atoms. The first kappa shape index (κ1) is 27.2. The number of hydrogen-bond donors (Lipinski definition) is 2. The molecule has 0 bridgehead atoms. The predicted molar refractivity (Wildman–Crippen MR) is 143 cm³/mol. The van der Waals surface area contributed by atoms with Gasteiger partial charge in [-0.1, -0.05) is 61.5 Å². The Balaban J connectivity index is 1.52. The normalized spacial score (nSPS) is 16.8. The highest BCUT2D eigenvalue weighted by molar-refractivity contribution is 6.10. The van der Waals surface area contributed by atoms with Crippen LogP contribution >= 0.6 is 0 Å². The zero-order chi connectivity index (χ0) is 27.9. The number of carboxylic acid groups (broad SMARTS) is 1. The van der Waals surface area contributed by atoms with E-state index in [1.165, 1.54) is 6.20 Å². The number of nitrogens with zero attached hydrogens (tertiary/aromatic N) is 3. The van der Waals surface area contributed by atoms with Crippen LogP contribution in [0.3, 0.4) is 0 Å². The summed E-state index contributed by atoms with van der Waals surface area (Å²) in [5, 5.41) is 12.8. The molecule has 0 radical (unpaired) electrons. The minimum absolute atomic E-state index is 0.0313. The number of aliphatic imine (C=N–C) groups is 1. The number of cyclic esters (lactones) is 1. The minimum atomic E-state index is -1.28. The average Bonchev–Trinajstić information content (AvgIpc) is 3.34. The smallest absolute Gasteiger partial charge is 0.417 e. The number of carbonyl (C=O) groups excluding carboxylic acids is 3. The maximum absolute atomic E-state index is 13.2. The topological polar surface area (TPSA) is 138 Å². The van der Waals surface area contributed by atoms with E-state index < -0.39 is 41.9 Å². The lowest BCUT2D eigenvalue weighted by molar-refractivity contribution is -0.140. The van der Waals surface area contributed by atoms with E-state index >= 15 is 0 Å². The Bertz CT molecular complexity index is 1390. The fourth-order valence-electron chi connectivity index (χ4n) is 4.40. The second-order valence-electron chi connectivity index (χ2n) is 9.16. The molecule has 0 aliphatic carbocycles. The first-order valence-corrected chi connectivity index (χ1v) is 12.4. The zero-order valence-electron chi connectivity index (χ0n) is 21.5. The molecule has 3 aromatic rings. The van der Waals surface area contributed by atoms with Crippen LogP contribution in [0.1, 0.15) is 47.9 Å². The van der Waals surface area contributed by atoms with Crippen molar-refractivity contribution >= 4 is 35.3 Å². The van der Waals surface area contributed by atoms with Gasteiger partial charge in [0.05, 0.1) is 5.69 Å². The van der Waals surface area contributed by atoms with E-state index in [1.807, 2.05) is 6.07 Å². The summed E-state index contributed by atoms with van der Waals surface area (Å²) in [4.78, 5) is 59.9. The van der Waals surface area contributed by atoms with Crippen molar-refractivity contribution in [3.63, 3.8) is 0 Å². The van der Waals surface area contributed by atoms with Crippen LogP contribution in [0.2, 0.25) is 0 Å². The summed E-state index contributed by atoms with van der Waals surface area (Å²) in [5.74, 6) is -2.92. The van der Waals surface area contributed by atoms with E-state index in [4.69, 9.17) is 4.74 Å². The number of carbonyl (C=O) groups is 4. The summed E-state index contributed by atoms with van der Waals surface area (Å²) in [6.45, 7) is 3.27. The number of aliphatic carboxylic acids is 1. The fraction of sp³-hybridized carbons (Fsp3) is 0.241. The molecular formula is C29H28N4O6. The lowest BCUT2D eigenvalue weighted by Gasteiger charge is -2.23. The van der Waals surface area contributed by atoms with Gasteiger partial charge in [0, 0.05) is 23.9 Å². The molecule has 1 fully saturated rings. The maximum Gasteiger partial charge on any atom is 0.417 e. The molecule has 4 rings (SSSR count). The van der Waals surface area contributed by atoms with Crippen molar-refractivity contribution in [2.75, 3.05) is 11.9 Å². The number of para-hydroxylation sites is 1. The van der Waals surface area contributed by atoms with Crippen LogP contribution in [0.5, 0.6) is 0 Å². The van der Waals surface area contributed by atoms with Gasteiger partial charge in [-0.3, -0.25) is 19.6 Å². The number of benzene rings is 2. The van der Waals surface area contributed by atoms with Crippen LogP contribution in [0, 0.1) is 5.92 Å². The lowest BCUT2D eigenvalue weighted by atomic mass is 9.96. The van der Waals surface area contributed by atoms with E-state index in [2.05, 4.69) is 15.3 Å². The lowest BCUT2D eigenvalue weighted by Crippen LogP contribution is -2.37. The van der Waals surface area contributed by atoms with E-state index in [9.17, 15) is 24.3 Å². The summed E-state index contributed by atoms with van der Waals surface area (Å²) in [5.41, 5.74) is 2.30. The first-order chi connectivity index (χ1) is 18.8. The summed E-state index contributed by atoms with van der Waals surface area (Å²) in [6.07, 6.45) is 0.520. The molecule has 2 heterocycles. The van der Waals surface area contributed by atoms with Gasteiger partial charge in [-0.2, -0.15) is 0 Å². The second-order valence-corrected chi connectivity index (χ2v) is 9.16. The van der Waals surface area contributed by atoms with Crippen molar-refractivity contribution in [1.82, 2.24) is 9.88 Å². The van der Waals surface area contributed by atoms with Crippen molar-refractivity contribution in [1.29, 1.82) is 0 Å². The Morgan fingerprint density at radius 3 is 2.46 bits per heavy atom. The zero-order valence-corrected chi connectivity index (χ0v) is 21.5. The van der Waals surface area contributed by atoms with Gasteiger partial charge in [0.1, 0.15) is 18.3 Å². The predicted octanol–water partition coefficient (Wildman–Crippen LogP) is 4.34. The van der Waals surface area contributed by atoms with Crippen molar-refractivity contribution < 1.29 is 29.0 Å². The Morgan fingerprint density at radius 2 is 1.77 bits per heavy atom. The number of rotatable bonds is 9. The first-order valence-electron chi connectivity index (χ1n) is 12.4. The molecule has 0 unspecified atom stereocenters. The van der Waals surface area contributed by atoms with Gasteiger partial charge in [-0.25, -0.2) is 14.5 Å². The van der Waals surface area contributed by atoms with Crippen LogP contribution in [0.25, 0.3) is 0 Å². The monoisotopic (exact) mass is 528 g/mol. The summed E-state index contributed by atoms with van der Waals surface area (Å²) >= 11 is 0. The molecule has 3 amide bonds. The molecule has 3 atom stereocenters. The number of carboxylic acids is 1. The van der Waals surface area contributed by atoms with E-state index in [0.717, 1.165) is 10.5 Å². The van der Waals surface area contributed by atoms with E-state index in [1.54, 1.807) is 80.6 Å². The van der Waals surface area contributed by atoms with Crippen LogP contribution in [0.4, 0.5) is 10.5 Å². The quantitative estimate of drug-likeness (QED) is 0.394. The molecule has 10 heteroatoms. The molecule has 1 aliphatic rings. The highest BCUT2D eigenvalue weighted by atomic mass is 16.6. The van der Waals surface area contributed by atoms with E-state index in [0.29, 0.717) is 17.0 Å². The van der Waals surface area contributed by atoms with E-state index in [-0.39, 0.29) is 18.7 Å². The standard InChI is InChI=1S/C29H28N4O6/c1-18(16-25(34)33-24(17-39-29(33)38)20-10-4-3-5-11-20)26(28(36)37)31-19(2)21-12-6-7-13-22(21)32-27(35)23-14-8-9-15-30-23/h3-15,18,24,26H,16-17H2,1-2H3,(H,32,35)(H,36,37)/t18-,24+,26-/m1/s1. The Labute approximate surface area is 225 Å². The van der Waals surface area contributed by atoms with Crippen molar-refractivity contribution in [2.24, 2.45) is 10.9 Å². The van der Waals surface area contributed by atoms with Gasteiger partial charge in [0.25, 0.3) is 5.91 Å². The fourth-order valence-corrected chi connectivity index (χ4v) is 4.40. The molecule has 0 saturated carbocycles. The summed E-state index contributed by atoms with van der Waals surface area (Å²) < 4.78 is 5.13. The molecular weight excluding hydrogens is 500 g/mol. The Kier molecular flexibility index (Phi) is 8.45. The highest BCUT2D eigenvalue weighted by Gasteiger charge is 2.40. The average molecular weight is 529 g/mol. The number of nitrogens with one attached hydrogen (secondary N) is 1. The molecule has 2 aromatic carbocycles. The number of imide groups is 1. The molecule has 1 aliphatic heterocycles. The van der Waals surface area contributed by atoms with Crippen molar-refractivity contribution in [3.05, 3.63) is 95.8 Å². The summed E-state index contributed by atoms with van der Waals surface area (Å²) in [6, 6.07) is 19.0. The number of amides is 3. The summed E-state index contributed by atoms with van der Waals surface area (Å²) in [7, 11) is 0. The van der Waals surface area contributed by atoms with Crippen LogP contribution in [-0.2, 0) is 14.3 Å².